The Bertz CT molecular complexity index is 1450. The van der Waals surface area contributed by atoms with Gasteiger partial charge in [0, 0.05) is 34.6 Å². The Balaban J connectivity index is 1.54. The van der Waals surface area contributed by atoms with E-state index in [1.165, 1.54) is 19.2 Å². The predicted octanol–water partition coefficient (Wildman–Crippen LogP) is 5.69. The summed E-state index contributed by atoms with van der Waals surface area (Å²) in [4.78, 5) is 24.6. The monoisotopic (exact) mass is 438 g/mol. The number of carbonyl (C=O) groups excluding carboxylic acids is 1. The van der Waals surface area contributed by atoms with Crippen LogP contribution in [0.15, 0.2) is 82.0 Å². The van der Waals surface area contributed by atoms with E-state index in [1.807, 2.05) is 30.3 Å². The molecule has 2 aromatic rings. The summed E-state index contributed by atoms with van der Waals surface area (Å²) in [7, 11) is 1.37. The third-order valence-electron chi connectivity index (χ3n) is 6.77. The van der Waals surface area contributed by atoms with E-state index in [2.05, 4.69) is 12.2 Å². The summed E-state index contributed by atoms with van der Waals surface area (Å²) < 4.78 is 17.5. The molecule has 3 aliphatic carbocycles. The predicted molar refractivity (Wildman–Crippen MR) is 126 cm³/mol. The Morgan fingerprint density at radius 3 is 2.64 bits per heavy atom. The molecule has 0 N–H and O–H groups in total. The van der Waals surface area contributed by atoms with Gasteiger partial charge in [0.05, 0.1) is 12.7 Å². The van der Waals surface area contributed by atoms with Crippen LogP contribution in [0.4, 0.5) is 0 Å². The number of hydrogen-bond donors (Lipinski definition) is 0. The number of hydrogen-bond acceptors (Lipinski definition) is 5. The maximum Gasteiger partial charge on any atom is 0.338 e. The summed E-state index contributed by atoms with van der Waals surface area (Å²) in [5, 5.41) is 0.831. The fourth-order valence-corrected chi connectivity index (χ4v) is 5.24. The normalized spacial score (nSPS) is 21.1. The molecule has 0 spiro atoms. The molecule has 0 saturated heterocycles. The van der Waals surface area contributed by atoms with Crippen LogP contribution in [0.1, 0.15) is 23.2 Å². The van der Waals surface area contributed by atoms with Crippen molar-refractivity contribution >= 4 is 16.9 Å². The van der Waals surface area contributed by atoms with E-state index in [1.54, 1.807) is 18.2 Å². The summed E-state index contributed by atoms with van der Waals surface area (Å²) in [6, 6.07) is 17.8. The Labute approximate surface area is 190 Å². The van der Waals surface area contributed by atoms with Crippen molar-refractivity contribution in [1.29, 1.82) is 0 Å². The smallest absolute Gasteiger partial charge is 0.338 e. The molecule has 6 rings (SSSR count). The van der Waals surface area contributed by atoms with E-state index >= 15 is 0 Å². The number of fused-ring (bicyclic) bond motifs is 4. The lowest BCUT2D eigenvalue weighted by molar-refractivity contribution is 0.0601. The van der Waals surface area contributed by atoms with Gasteiger partial charge in [0.2, 0.25) is 0 Å². The van der Waals surface area contributed by atoms with Gasteiger partial charge in [-0.2, -0.15) is 0 Å². The van der Waals surface area contributed by atoms with Crippen LogP contribution in [-0.2, 0) is 4.74 Å². The van der Waals surface area contributed by atoms with E-state index < -0.39 is 5.97 Å². The average molecular weight is 438 g/mol. The van der Waals surface area contributed by atoms with Crippen molar-refractivity contribution in [3.8, 4) is 28.2 Å². The third kappa shape index (κ3) is 3.32. The van der Waals surface area contributed by atoms with Crippen molar-refractivity contribution in [2.24, 2.45) is 11.8 Å². The number of esters is 1. The highest BCUT2D eigenvalue weighted by atomic mass is 16.5. The van der Waals surface area contributed by atoms with Gasteiger partial charge < -0.3 is 13.9 Å². The standard InChI is InChI=1S/C28H22O5/c1-31-28(30)21-5-3-2-4-20(21)27-22-10-8-18(29)14-25(22)33-26-15-19(9-11-23(26)27)32-24-13-16-6-7-17(24)12-16/h2-11,14-17,24H,12-13H2,1H3. The van der Waals surface area contributed by atoms with Crippen molar-refractivity contribution in [2.45, 2.75) is 18.9 Å². The summed E-state index contributed by atoms with van der Waals surface area (Å²) in [5.74, 6) is 1.86. The third-order valence-corrected chi connectivity index (χ3v) is 6.77. The van der Waals surface area contributed by atoms with Gasteiger partial charge in [-0.15, -0.1) is 0 Å². The highest BCUT2D eigenvalue weighted by molar-refractivity contribution is 6.07. The van der Waals surface area contributed by atoms with Crippen LogP contribution in [0.5, 0.6) is 5.75 Å². The zero-order valence-electron chi connectivity index (χ0n) is 18.1. The van der Waals surface area contributed by atoms with E-state index in [9.17, 15) is 9.59 Å². The molecule has 1 aliphatic heterocycles. The molecule has 164 valence electrons. The van der Waals surface area contributed by atoms with Gasteiger partial charge in [-0.25, -0.2) is 4.79 Å². The van der Waals surface area contributed by atoms with Crippen molar-refractivity contribution < 1.29 is 18.7 Å². The molecule has 0 amide bonds. The molecule has 5 heteroatoms. The molecular weight excluding hydrogens is 416 g/mol. The van der Waals surface area contributed by atoms with Gasteiger partial charge in [-0.1, -0.05) is 30.4 Å². The van der Waals surface area contributed by atoms with Crippen molar-refractivity contribution in [1.82, 2.24) is 0 Å². The number of benzene rings is 3. The van der Waals surface area contributed by atoms with Crippen molar-refractivity contribution in [3.05, 3.63) is 88.6 Å². The van der Waals surface area contributed by atoms with Crippen LogP contribution in [0.3, 0.4) is 0 Å². The van der Waals surface area contributed by atoms with Crippen molar-refractivity contribution in [3.63, 3.8) is 0 Å². The molecule has 3 unspecified atom stereocenters. The van der Waals surface area contributed by atoms with E-state index in [0.29, 0.717) is 28.7 Å². The number of rotatable bonds is 4. The van der Waals surface area contributed by atoms with E-state index in [-0.39, 0.29) is 11.5 Å². The second-order valence-corrected chi connectivity index (χ2v) is 8.77. The van der Waals surface area contributed by atoms with E-state index in [0.717, 1.165) is 40.7 Å². The first-order chi connectivity index (χ1) is 16.1. The second-order valence-electron chi connectivity index (χ2n) is 8.77. The highest BCUT2D eigenvalue weighted by Gasteiger charge is 2.37. The van der Waals surface area contributed by atoms with Gasteiger partial charge in [0.15, 0.2) is 5.43 Å². The van der Waals surface area contributed by atoms with Crippen LogP contribution >= 0.6 is 0 Å². The van der Waals surface area contributed by atoms with Gasteiger partial charge in [-0.3, -0.25) is 4.79 Å². The van der Waals surface area contributed by atoms with Gasteiger partial charge in [-0.05, 0) is 54.7 Å². The molecular formula is C28H22O5. The van der Waals surface area contributed by atoms with Crippen LogP contribution < -0.4 is 10.2 Å². The molecule has 3 atom stereocenters. The molecule has 33 heavy (non-hydrogen) atoms. The number of methoxy groups -OCH3 is 1. The van der Waals surface area contributed by atoms with Crippen LogP contribution in [0.2, 0.25) is 0 Å². The molecule has 4 aliphatic rings. The molecule has 2 bridgehead atoms. The largest absolute Gasteiger partial charge is 0.490 e. The minimum Gasteiger partial charge on any atom is -0.490 e. The molecule has 0 radical (unpaired) electrons. The lowest BCUT2D eigenvalue weighted by Crippen LogP contribution is -2.21. The number of allylic oxidation sites excluding steroid dienone is 1. The molecule has 1 fully saturated rings. The van der Waals surface area contributed by atoms with Gasteiger partial charge >= 0.3 is 5.97 Å². The first kappa shape index (κ1) is 19.8. The second kappa shape index (κ2) is 7.62. The molecule has 5 nitrogen and oxygen atoms in total. The number of carbonyl (C=O) groups is 1. The van der Waals surface area contributed by atoms with E-state index in [4.69, 9.17) is 13.9 Å². The summed E-state index contributed by atoms with van der Waals surface area (Å²) in [5.41, 5.74) is 3.21. The molecule has 1 heterocycles. The average Bonchev–Trinajstić information content (AvgIpc) is 3.45. The van der Waals surface area contributed by atoms with Crippen LogP contribution in [0.25, 0.3) is 33.4 Å². The summed E-state index contributed by atoms with van der Waals surface area (Å²) in [6.07, 6.45) is 6.91. The lowest BCUT2D eigenvalue weighted by Gasteiger charge is -2.21. The first-order valence-electron chi connectivity index (χ1n) is 11.1. The molecule has 0 aromatic heterocycles. The molecule has 1 saturated carbocycles. The molecule has 2 aromatic carbocycles. The minimum absolute atomic E-state index is 0.140. The van der Waals surface area contributed by atoms with Crippen LogP contribution in [0, 0.1) is 11.8 Å². The zero-order chi connectivity index (χ0) is 22.5. The topological polar surface area (TPSA) is 65.7 Å². The zero-order valence-corrected chi connectivity index (χ0v) is 18.1. The van der Waals surface area contributed by atoms with Gasteiger partial charge in [0.1, 0.15) is 23.2 Å². The highest BCUT2D eigenvalue weighted by Crippen LogP contribution is 2.44. The lowest BCUT2D eigenvalue weighted by atomic mass is 9.91. The van der Waals surface area contributed by atoms with Crippen LogP contribution in [-0.4, -0.2) is 19.2 Å². The maximum absolute atomic E-state index is 12.5. The summed E-state index contributed by atoms with van der Waals surface area (Å²) >= 11 is 0. The Hall–Kier alpha value is -3.86. The first-order valence-corrected chi connectivity index (χ1v) is 11.1. The van der Waals surface area contributed by atoms with Gasteiger partial charge in [0.25, 0.3) is 0 Å². The number of ether oxygens (including phenoxy) is 2. The maximum atomic E-state index is 12.5. The fraction of sp³-hybridized carbons (Fsp3) is 0.214. The summed E-state index contributed by atoms with van der Waals surface area (Å²) in [6.45, 7) is 0. The Morgan fingerprint density at radius 1 is 0.970 bits per heavy atom. The quantitative estimate of drug-likeness (QED) is 0.232. The Kier molecular flexibility index (Phi) is 4.57. The Morgan fingerprint density at radius 2 is 1.85 bits per heavy atom. The van der Waals surface area contributed by atoms with Crippen molar-refractivity contribution in [2.75, 3.05) is 7.11 Å². The minimum atomic E-state index is -0.419. The fourth-order valence-electron chi connectivity index (χ4n) is 5.24. The SMILES string of the molecule is COC(=O)c1ccccc1-c1c2ccc(=O)cc-2oc2cc(OC3CC4C=CC3C4)ccc12.